The molecule has 0 amide bonds. The summed E-state index contributed by atoms with van der Waals surface area (Å²) < 4.78 is 0. The molecule has 0 fully saturated rings. The third kappa shape index (κ3) is 16.3. The van der Waals surface area contributed by atoms with Crippen molar-refractivity contribution in [2.75, 3.05) is 0 Å². The van der Waals surface area contributed by atoms with Gasteiger partial charge in [0.2, 0.25) is 0 Å². The van der Waals surface area contributed by atoms with Gasteiger partial charge in [0.25, 0.3) is 0 Å². The van der Waals surface area contributed by atoms with Crippen molar-refractivity contribution in [2.45, 2.75) is 71.6 Å². The van der Waals surface area contributed by atoms with Crippen molar-refractivity contribution in [3.05, 3.63) is 12.2 Å². The van der Waals surface area contributed by atoms with Crippen LogP contribution in [-0.4, -0.2) is 11.1 Å². The monoisotopic (exact) mass is 288 g/mol. The Kier molecular flexibility index (Phi) is 13.6. The quantitative estimate of drug-likeness (QED) is 0.463. The van der Waals surface area contributed by atoms with Crippen LogP contribution in [0.4, 0.5) is 0 Å². The number of aliphatic carboxylic acids is 1. The summed E-state index contributed by atoms with van der Waals surface area (Å²) in [4.78, 5) is 10.3. The van der Waals surface area contributed by atoms with Crippen LogP contribution in [0, 0.1) is 29.6 Å². The molecular formula is C19H28O2. The minimum Gasteiger partial charge on any atom is -0.481 e. The summed E-state index contributed by atoms with van der Waals surface area (Å²) in [7, 11) is 0. The third-order valence-electron chi connectivity index (χ3n) is 3.16. The van der Waals surface area contributed by atoms with Crippen molar-refractivity contribution in [1.29, 1.82) is 0 Å². The van der Waals surface area contributed by atoms with E-state index in [1.165, 1.54) is 12.8 Å². The molecule has 0 aliphatic carbocycles. The van der Waals surface area contributed by atoms with E-state index in [0.717, 1.165) is 38.5 Å². The molecule has 1 N–H and O–H groups in total. The van der Waals surface area contributed by atoms with Gasteiger partial charge < -0.3 is 5.11 Å². The van der Waals surface area contributed by atoms with E-state index in [4.69, 9.17) is 5.11 Å². The van der Waals surface area contributed by atoms with Crippen LogP contribution in [-0.2, 0) is 4.79 Å². The second kappa shape index (κ2) is 14.7. The standard InChI is InChI=1S/C19H28O2/c1-3-4-5-6-7-8-9-12-15-18(2)16-13-10-11-14-17-19(20)21/h6-7,18H,3-5,10-11,13-14,16-17H2,1-2H3,(H,20,21)/b7-6+. The number of hydrogen-bond donors (Lipinski definition) is 1. The van der Waals surface area contributed by atoms with Crippen molar-refractivity contribution in [3.63, 3.8) is 0 Å². The summed E-state index contributed by atoms with van der Waals surface area (Å²) in [5.74, 6) is 11.5. The number of rotatable bonds is 10. The highest BCUT2D eigenvalue weighted by molar-refractivity contribution is 5.66. The van der Waals surface area contributed by atoms with Crippen LogP contribution in [0.15, 0.2) is 12.2 Å². The molecular weight excluding hydrogens is 260 g/mol. The molecule has 1 unspecified atom stereocenters. The zero-order valence-electron chi connectivity index (χ0n) is 13.5. The van der Waals surface area contributed by atoms with E-state index < -0.39 is 5.97 Å². The molecule has 0 bridgehead atoms. The molecule has 2 heteroatoms. The van der Waals surface area contributed by atoms with Gasteiger partial charge in [-0.05, 0) is 37.2 Å². The van der Waals surface area contributed by atoms with Crippen molar-refractivity contribution >= 4 is 5.97 Å². The summed E-state index contributed by atoms with van der Waals surface area (Å²) in [5.41, 5.74) is 0. The lowest BCUT2D eigenvalue weighted by Gasteiger charge is -2.02. The lowest BCUT2D eigenvalue weighted by molar-refractivity contribution is -0.137. The first-order chi connectivity index (χ1) is 10.2. The number of carboxylic acid groups (broad SMARTS) is 1. The van der Waals surface area contributed by atoms with Gasteiger partial charge in [-0.3, -0.25) is 4.79 Å². The van der Waals surface area contributed by atoms with Gasteiger partial charge in [0, 0.05) is 12.3 Å². The van der Waals surface area contributed by atoms with E-state index in [1.807, 2.05) is 6.08 Å². The summed E-state index contributed by atoms with van der Waals surface area (Å²) in [6.45, 7) is 4.29. The molecule has 0 aromatic carbocycles. The molecule has 0 heterocycles. The lowest BCUT2D eigenvalue weighted by atomic mass is 10.0. The summed E-state index contributed by atoms with van der Waals surface area (Å²) in [5, 5.41) is 8.52. The SMILES string of the molecule is CCCC/C=C/C#CC#CC(C)CCCCCCC(=O)O. The fourth-order valence-electron chi connectivity index (χ4n) is 1.85. The molecule has 0 saturated heterocycles. The highest BCUT2D eigenvalue weighted by atomic mass is 16.4. The fraction of sp³-hybridized carbons (Fsp3) is 0.632. The molecule has 0 aromatic rings. The maximum atomic E-state index is 10.3. The van der Waals surface area contributed by atoms with Gasteiger partial charge in [0.1, 0.15) is 0 Å². The van der Waals surface area contributed by atoms with E-state index in [9.17, 15) is 4.79 Å². The number of allylic oxidation sites excluding steroid dienone is 2. The molecule has 116 valence electrons. The highest BCUT2D eigenvalue weighted by Gasteiger charge is 1.99. The topological polar surface area (TPSA) is 37.3 Å². The molecule has 0 aromatic heterocycles. The fourth-order valence-corrected chi connectivity index (χ4v) is 1.85. The summed E-state index contributed by atoms with van der Waals surface area (Å²) in [6, 6.07) is 0. The highest BCUT2D eigenvalue weighted by Crippen LogP contribution is 2.10. The molecule has 0 spiro atoms. The smallest absolute Gasteiger partial charge is 0.303 e. The van der Waals surface area contributed by atoms with Crippen molar-refractivity contribution < 1.29 is 9.90 Å². The minimum atomic E-state index is -0.698. The van der Waals surface area contributed by atoms with E-state index >= 15 is 0 Å². The van der Waals surface area contributed by atoms with Crippen LogP contribution < -0.4 is 0 Å². The average molecular weight is 288 g/mol. The van der Waals surface area contributed by atoms with Crippen LogP contribution in [0.3, 0.4) is 0 Å². The molecule has 0 aliphatic rings. The Balaban J connectivity index is 3.64. The molecule has 1 atom stereocenters. The van der Waals surface area contributed by atoms with E-state index in [2.05, 4.69) is 43.6 Å². The Morgan fingerprint density at radius 1 is 1.14 bits per heavy atom. The number of unbranched alkanes of at least 4 members (excludes halogenated alkanes) is 5. The predicted octanol–water partition coefficient (Wildman–Crippen LogP) is 4.80. The number of hydrogen-bond acceptors (Lipinski definition) is 1. The van der Waals surface area contributed by atoms with Gasteiger partial charge in [-0.2, -0.15) is 0 Å². The Labute approximate surface area is 130 Å². The predicted molar refractivity (Wildman–Crippen MR) is 88.7 cm³/mol. The zero-order valence-corrected chi connectivity index (χ0v) is 13.5. The number of carboxylic acids is 1. The van der Waals surface area contributed by atoms with Crippen LogP contribution in [0.1, 0.15) is 71.6 Å². The van der Waals surface area contributed by atoms with Gasteiger partial charge in [-0.15, -0.1) is 0 Å². The Hall–Kier alpha value is -1.67. The van der Waals surface area contributed by atoms with Gasteiger partial charge in [-0.25, -0.2) is 0 Å². The van der Waals surface area contributed by atoms with E-state index in [1.54, 1.807) is 0 Å². The zero-order chi connectivity index (χ0) is 15.8. The van der Waals surface area contributed by atoms with Crippen molar-refractivity contribution in [1.82, 2.24) is 0 Å². The molecule has 0 radical (unpaired) electrons. The largest absolute Gasteiger partial charge is 0.481 e. The summed E-state index contributed by atoms with van der Waals surface area (Å²) >= 11 is 0. The molecule has 0 saturated carbocycles. The maximum Gasteiger partial charge on any atom is 0.303 e. The molecule has 0 rings (SSSR count). The maximum absolute atomic E-state index is 10.3. The van der Waals surface area contributed by atoms with Crippen LogP contribution in [0.25, 0.3) is 0 Å². The second-order valence-electron chi connectivity index (χ2n) is 5.33. The van der Waals surface area contributed by atoms with Gasteiger partial charge in [-0.1, -0.05) is 63.9 Å². The van der Waals surface area contributed by atoms with Crippen LogP contribution in [0.5, 0.6) is 0 Å². The van der Waals surface area contributed by atoms with Gasteiger partial charge >= 0.3 is 5.97 Å². The van der Waals surface area contributed by atoms with Crippen LogP contribution >= 0.6 is 0 Å². The normalized spacial score (nSPS) is 11.3. The third-order valence-corrected chi connectivity index (χ3v) is 3.16. The van der Waals surface area contributed by atoms with Crippen molar-refractivity contribution in [2.24, 2.45) is 5.92 Å². The Morgan fingerprint density at radius 2 is 1.90 bits per heavy atom. The minimum absolute atomic E-state index is 0.288. The summed E-state index contributed by atoms with van der Waals surface area (Å²) in [6.07, 6.45) is 12.8. The molecule has 0 aliphatic heterocycles. The molecule has 21 heavy (non-hydrogen) atoms. The first-order valence-electron chi connectivity index (χ1n) is 8.04. The van der Waals surface area contributed by atoms with Gasteiger partial charge in [0.15, 0.2) is 0 Å². The first kappa shape index (κ1) is 19.3. The second-order valence-corrected chi connectivity index (χ2v) is 5.33. The first-order valence-corrected chi connectivity index (χ1v) is 8.04. The average Bonchev–Trinajstić information content (AvgIpc) is 2.45. The van der Waals surface area contributed by atoms with E-state index in [-0.39, 0.29) is 6.42 Å². The number of carbonyl (C=O) groups is 1. The van der Waals surface area contributed by atoms with Crippen LogP contribution in [0.2, 0.25) is 0 Å². The lowest BCUT2D eigenvalue weighted by Crippen LogP contribution is -1.94. The Morgan fingerprint density at radius 3 is 2.62 bits per heavy atom. The van der Waals surface area contributed by atoms with E-state index in [0.29, 0.717) is 5.92 Å². The molecule has 2 nitrogen and oxygen atoms in total. The Bertz CT molecular complexity index is 412. The van der Waals surface area contributed by atoms with Gasteiger partial charge in [0.05, 0.1) is 0 Å². The van der Waals surface area contributed by atoms with Crippen molar-refractivity contribution in [3.8, 4) is 23.7 Å².